The lowest BCUT2D eigenvalue weighted by molar-refractivity contribution is -0.111. The summed E-state index contributed by atoms with van der Waals surface area (Å²) in [4.78, 5) is 23.0. The Kier molecular flexibility index (Phi) is 8.05. The first-order chi connectivity index (χ1) is 13.5. The minimum atomic E-state index is -1.12. The molecule has 1 aliphatic rings. The molecule has 0 radical (unpaired) electrons. The van der Waals surface area contributed by atoms with Crippen molar-refractivity contribution in [2.45, 2.75) is 12.8 Å². The van der Waals surface area contributed by atoms with E-state index in [1.54, 1.807) is 24.3 Å². The Balaban J connectivity index is 0.000000485. The number of methoxy groups -OCH3 is 1. The molecule has 1 aliphatic heterocycles. The average molecular weight is 384 g/mol. The number of aromatic hydroxyl groups is 1. The number of carboxylic acid groups (broad SMARTS) is 1. The quantitative estimate of drug-likeness (QED) is 0.590. The standard InChI is InChI=1S/C17H15NO5.C4H9N/c1-23-15-8-6-11(10-14(15)19)7-9-16(20)18-13-5-3-2-4-12(13)17(21)22;1-2-4-5-3-1/h2-10,19H,1H3,(H,18,20)(H,21,22);5H,1-4H2/b9-7+;. The average Bonchev–Trinajstić information content (AvgIpc) is 3.27. The molecule has 1 saturated heterocycles. The summed E-state index contributed by atoms with van der Waals surface area (Å²) >= 11 is 0. The number of ether oxygens (including phenoxy) is 1. The van der Waals surface area contributed by atoms with Crippen molar-refractivity contribution in [3.8, 4) is 11.5 Å². The summed E-state index contributed by atoms with van der Waals surface area (Å²) in [6.07, 6.45) is 5.53. The van der Waals surface area contributed by atoms with Crippen molar-refractivity contribution in [3.05, 3.63) is 59.7 Å². The highest BCUT2D eigenvalue weighted by Gasteiger charge is 2.10. The van der Waals surface area contributed by atoms with E-state index in [4.69, 9.17) is 9.84 Å². The highest BCUT2D eigenvalue weighted by molar-refractivity contribution is 6.06. The molecule has 1 heterocycles. The maximum absolute atomic E-state index is 11.9. The molecular formula is C21H24N2O5. The van der Waals surface area contributed by atoms with E-state index >= 15 is 0 Å². The largest absolute Gasteiger partial charge is 0.504 e. The van der Waals surface area contributed by atoms with Gasteiger partial charge in [-0.05, 0) is 61.8 Å². The Morgan fingerprint density at radius 1 is 1.14 bits per heavy atom. The topological polar surface area (TPSA) is 108 Å². The van der Waals surface area contributed by atoms with Crippen molar-refractivity contribution in [1.82, 2.24) is 5.32 Å². The van der Waals surface area contributed by atoms with Crippen LogP contribution in [0.25, 0.3) is 6.08 Å². The van der Waals surface area contributed by atoms with Gasteiger partial charge in [0.15, 0.2) is 11.5 Å². The molecule has 148 valence electrons. The molecule has 0 spiro atoms. The van der Waals surface area contributed by atoms with Gasteiger partial charge in [0.25, 0.3) is 0 Å². The summed E-state index contributed by atoms with van der Waals surface area (Å²) in [5.41, 5.74) is 0.827. The van der Waals surface area contributed by atoms with E-state index < -0.39 is 11.9 Å². The van der Waals surface area contributed by atoms with E-state index in [0.717, 1.165) is 0 Å². The van der Waals surface area contributed by atoms with Gasteiger partial charge < -0.3 is 25.6 Å². The summed E-state index contributed by atoms with van der Waals surface area (Å²) in [5.74, 6) is -1.30. The maximum Gasteiger partial charge on any atom is 0.337 e. The summed E-state index contributed by atoms with van der Waals surface area (Å²) in [7, 11) is 1.44. The zero-order chi connectivity index (χ0) is 20.4. The molecule has 7 nitrogen and oxygen atoms in total. The number of nitrogens with one attached hydrogen (secondary N) is 2. The molecule has 0 aromatic heterocycles. The van der Waals surface area contributed by atoms with Gasteiger partial charge >= 0.3 is 5.97 Å². The molecule has 7 heteroatoms. The number of carboxylic acids is 1. The van der Waals surface area contributed by atoms with Gasteiger partial charge in [-0.15, -0.1) is 0 Å². The number of anilines is 1. The minimum Gasteiger partial charge on any atom is -0.504 e. The fraction of sp³-hybridized carbons (Fsp3) is 0.238. The Bertz CT molecular complexity index is 837. The van der Waals surface area contributed by atoms with Gasteiger partial charge in [-0.1, -0.05) is 18.2 Å². The zero-order valence-electron chi connectivity index (χ0n) is 15.6. The van der Waals surface area contributed by atoms with Crippen LogP contribution in [0.2, 0.25) is 0 Å². The van der Waals surface area contributed by atoms with E-state index in [1.165, 1.54) is 63.4 Å². The lowest BCUT2D eigenvalue weighted by atomic mass is 10.1. The number of hydrogen-bond acceptors (Lipinski definition) is 5. The van der Waals surface area contributed by atoms with E-state index in [9.17, 15) is 14.7 Å². The van der Waals surface area contributed by atoms with Gasteiger partial charge in [0.2, 0.25) is 5.91 Å². The Morgan fingerprint density at radius 3 is 2.43 bits per heavy atom. The number of phenolic OH excluding ortho intramolecular Hbond substituents is 1. The summed E-state index contributed by atoms with van der Waals surface area (Å²) in [6.45, 7) is 2.50. The van der Waals surface area contributed by atoms with Crippen molar-refractivity contribution in [2.75, 3.05) is 25.5 Å². The summed E-state index contributed by atoms with van der Waals surface area (Å²) < 4.78 is 4.93. The van der Waals surface area contributed by atoms with Crippen LogP contribution in [0.4, 0.5) is 5.69 Å². The highest BCUT2D eigenvalue weighted by atomic mass is 16.5. The number of phenols is 1. The smallest absolute Gasteiger partial charge is 0.337 e. The molecule has 1 amide bonds. The van der Waals surface area contributed by atoms with Gasteiger partial charge in [-0.2, -0.15) is 0 Å². The SMILES string of the molecule is C1CCNC1.COc1ccc(/C=C/C(=O)Nc2ccccc2C(=O)O)cc1O. The van der Waals surface area contributed by atoms with Gasteiger partial charge in [-0.3, -0.25) is 4.79 Å². The maximum atomic E-state index is 11.9. The van der Waals surface area contributed by atoms with Crippen molar-refractivity contribution >= 4 is 23.6 Å². The van der Waals surface area contributed by atoms with Gasteiger partial charge in [0.05, 0.1) is 18.4 Å². The third kappa shape index (κ3) is 6.44. The Hall–Kier alpha value is -3.32. The van der Waals surface area contributed by atoms with E-state index in [-0.39, 0.29) is 17.0 Å². The minimum absolute atomic E-state index is 0.0105. The number of rotatable bonds is 5. The number of aromatic carboxylic acids is 1. The molecular weight excluding hydrogens is 360 g/mol. The third-order valence-electron chi connectivity index (χ3n) is 4.00. The first-order valence-electron chi connectivity index (χ1n) is 8.90. The van der Waals surface area contributed by atoms with Crippen LogP contribution >= 0.6 is 0 Å². The van der Waals surface area contributed by atoms with Crippen molar-refractivity contribution in [1.29, 1.82) is 0 Å². The monoisotopic (exact) mass is 384 g/mol. The Labute approximate surface area is 163 Å². The number of para-hydroxylation sites is 1. The molecule has 2 aromatic carbocycles. The van der Waals surface area contributed by atoms with Crippen molar-refractivity contribution < 1.29 is 24.5 Å². The molecule has 0 aliphatic carbocycles. The zero-order valence-corrected chi connectivity index (χ0v) is 15.6. The Morgan fingerprint density at radius 2 is 1.86 bits per heavy atom. The van der Waals surface area contributed by atoms with E-state index in [2.05, 4.69) is 10.6 Å². The second kappa shape index (κ2) is 10.7. The van der Waals surface area contributed by atoms with Crippen molar-refractivity contribution in [3.63, 3.8) is 0 Å². The molecule has 0 atom stereocenters. The second-order valence-electron chi connectivity index (χ2n) is 6.06. The number of benzene rings is 2. The first-order valence-corrected chi connectivity index (χ1v) is 8.90. The van der Waals surface area contributed by atoms with Crippen LogP contribution in [0.3, 0.4) is 0 Å². The highest BCUT2D eigenvalue weighted by Crippen LogP contribution is 2.26. The normalized spacial score (nSPS) is 12.9. The molecule has 0 bridgehead atoms. The second-order valence-corrected chi connectivity index (χ2v) is 6.06. The molecule has 1 fully saturated rings. The van der Waals surface area contributed by atoms with Gasteiger partial charge in [0.1, 0.15) is 0 Å². The number of carbonyl (C=O) groups excluding carboxylic acids is 1. The number of amides is 1. The van der Waals surface area contributed by atoms with Crippen LogP contribution in [0.5, 0.6) is 11.5 Å². The number of hydrogen-bond donors (Lipinski definition) is 4. The van der Waals surface area contributed by atoms with Crippen molar-refractivity contribution in [2.24, 2.45) is 0 Å². The predicted molar refractivity (Wildman–Crippen MR) is 108 cm³/mol. The first kappa shape index (κ1) is 21.0. The van der Waals surface area contributed by atoms with E-state index in [1.807, 2.05) is 0 Å². The third-order valence-corrected chi connectivity index (χ3v) is 4.00. The van der Waals surface area contributed by atoms with Gasteiger partial charge in [0, 0.05) is 6.08 Å². The predicted octanol–water partition coefficient (Wildman–Crippen LogP) is 3.12. The fourth-order valence-corrected chi connectivity index (χ4v) is 2.56. The molecule has 4 N–H and O–H groups in total. The van der Waals surface area contributed by atoms with Gasteiger partial charge in [-0.25, -0.2) is 4.79 Å². The summed E-state index contributed by atoms with van der Waals surface area (Å²) in [6, 6.07) is 10.8. The molecule has 0 saturated carbocycles. The van der Waals surface area contributed by atoms with Crippen LogP contribution in [-0.4, -0.2) is 42.3 Å². The molecule has 28 heavy (non-hydrogen) atoms. The van der Waals surface area contributed by atoms with Crippen LogP contribution < -0.4 is 15.4 Å². The van der Waals surface area contributed by atoms with Crippen LogP contribution in [0.15, 0.2) is 48.5 Å². The lowest BCUT2D eigenvalue weighted by Gasteiger charge is -2.06. The van der Waals surface area contributed by atoms with Crippen LogP contribution in [-0.2, 0) is 4.79 Å². The molecule has 0 unspecified atom stereocenters. The number of carbonyl (C=O) groups is 2. The fourth-order valence-electron chi connectivity index (χ4n) is 2.56. The van der Waals surface area contributed by atoms with Crippen LogP contribution in [0.1, 0.15) is 28.8 Å². The molecule has 3 rings (SSSR count). The van der Waals surface area contributed by atoms with Crippen LogP contribution in [0, 0.1) is 0 Å². The van der Waals surface area contributed by atoms with E-state index in [0.29, 0.717) is 11.3 Å². The molecule has 2 aromatic rings. The lowest BCUT2D eigenvalue weighted by Crippen LogP contribution is -2.11. The summed E-state index contributed by atoms with van der Waals surface area (Å²) in [5, 5.41) is 24.4.